The highest BCUT2D eigenvalue weighted by atomic mass is 19.1. The van der Waals surface area contributed by atoms with E-state index in [1.807, 2.05) is 40.1 Å². The van der Waals surface area contributed by atoms with Gasteiger partial charge in [0.25, 0.3) is 0 Å². The van der Waals surface area contributed by atoms with Crippen molar-refractivity contribution in [2.75, 3.05) is 26.2 Å². The van der Waals surface area contributed by atoms with Crippen molar-refractivity contribution in [2.45, 2.75) is 25.7 Å². The lowest BCUT2D eigenvalue weighted by Crippen LogP contribution is -2.51. The lowest BCUT2D eigenvalue weighted by molar-refractivity contribution is -0.140. The van der Waals surface area contributed by atoms with Gasteiger partial charge in [-0.3, -0.25) is 9.59 Å². The van der Waals surface area contributed by atoms with Crippen LogP contribution < -0.4 is 0 Å². The van der Waals surface area contributed by atoms with Gasteiger partial charge in [0.1, 0.15) is 5.82 Å². The van der Waals surface area contributed by atoms with Crippen molar-refractivity contribution in [1.29, 1.82) is 0 Å². The topological polar surface area (TPSA) is 56.4 Å². The number of carbonyl (C=O) groups excluding carboxylic acids is 2. The first-order valence-electron chi connectivity index (χ1n) is 11.0. The fourth-order valence-corrected chi connectivity index (χ4v) is 4.49. The number of rotatable bonds is 5. The van der Waals surface area contributed by atoms with Gasteiger partial charge in [0.2, 0.25) is 11.8 Å². The number of hydrogen-bond acceptors (Lipinski definition) is 2. The maximum atomic E-state index is 14.0. The summed E-state index contributed by atoms with van der Waals surface area (Å²) in [5.41, 5.74) is 3.80. The molecule has 2 fully saturated rings. The molecule has 0 spiro atoms. The van der Waals surface area contributed by atoms with Gasteiger partial charge in [0.15, 0.2) is 0 Å². The Bertz CT molecular complexity index is 1110. The molecule has 2 aromatic carbocycles. The quantitative estimate of drug-likeness (QED) is 0.680. The lowest BCUT2D eigenvalue weighted by Gasteiger charge is -2.35. The maximum Gasteiger partial charge on any atom is 0.225 e. The highest BCUT2D eigenvalue weighted by molar-refractivity contribution is 5.91. The van der Waals surface area contributed by atoms with Crippen LogP contribution in [0.5, 0.6) is 0 Å². The molecule has 0 radical (unpaired) electrons. The van der Waals surface area contributed by atoms with Crippen molar-refractivity contribution in [3.05, 3.63) is 59.9 Å². The molecular formula is C25H26FN3O2. The van der Waals surface area contributed by atoms with Crippen molar-refractivity contribution < 1.29 is 14.0 Å². The van der Waals surface area contributed by atoms with Gasteiger partial charge < -0.3 is 14.8 Å². The molecule has 31 heavy (non-hydrogen) atoms. The van der Waals surface area contributed by atoms with Crippen LogP contribution in [0.15, 0.2) is 48.5 Å². The average Bonchev–Trinajstić information content (AvgIpc) is 3.59. The number of aromatic amines is 1. The number of aryl methyl sites for hydroxylation is 1. The van der Waals surface area contributed by atoms with Crippen molar-refractivity contribution in [3.8, 4) is 11.3 Å². The molecule has 6 heteroatoms. The first-order valence-corrected chi connectivity index (χ1v) is 11.0. The van der Waals surface area contributed by atoms with E-state index >= 15 is 0 Å². The number of nitrogens with one attached hydrogen (secondary N) is 1. The Morgan fingerprint density at radius 2 is 1.68 bits per heavy atom. The molecule has 2 heterocycles. The summed E-state index contributed by atoms with van der Waals surface area (Å²) in [5, 5.41) is 0.825. The summed E-state index contributed by atoms with van der Waals surface area (Å²) in [6.45, 7) is 2.42. The van der Waals surface area contributed by atoms with Crippen LogP contribution in [0.1, 0.15) is 24.8 Å². The van der Waals surface area contributed by atoms with Gasteiger partial charge in [-0.25, -0.2) is 4.39 Å². The molecule has 0 bridgehead atoms. The normalized spacial score (nSPS) is 16.7. The molecule has 2 amide bonds. The van der Waals surface area contributed by atoms with Crippen LogP contribution in [-0.4, -0.2) is 52.8 Å². The summed E-state index contributed by atoms with van der Waals surface area (Å²) in [6.07, 6.45) is 2.91. The second-order valence-corrected chi connectivity index (χ2v) is 8.51. The van der Waals surface area contributed by atoms with Crippen LogP contribution in [-0.2, 0) is 16.0 Å². The zero-order chi connectivity index (χ0) is 21.4. The molecule has 3 aromatic rings. The van der Waals surface area contributed by atoms with Gasteiger partial charge in [-0.15, -0.1) is 0 Å². The smallest absolute Gasteiger partial charge is 0.225 e. The van der Waals surface area contributed by atoms with Crippen molar-refractivity contribution in [3.63, 3.8) is 0 Å². The molecular weight excluding hydrogens is 393 g/mol. The van der Waals surface area contributed by atoms with Gasteiger partial charge in [0.05, 0.1) is 0 Å². The number of carbonyl (C=O) groups is 2. The number of H-pyrrole nitrogens is 1. The zero-order valence-electron chi connectivity index (χ0n) is 17.4. The number of piperazine rings is 1. The van der Waals surface area contributed by atoms with Crippen LogP contribution in [0.4, 0.5) is 4.39 Å². The van der Waals surface area contributed by atoms with E-state index in [-0.39, 0.29) is 23.5 Å². The monoisotopic (exact) mass is 419 g/mol. The fraction of sp³-hybridized carbons (Fsp3) is 0.360. The summed E-state index contributed by atoms with van der Waals surface area (Å²) in [5.74, 6) is 0.278. The Balaban J connectivity index is 1.30. The van der Waals surface area contributed by atoms with Crippen molar-refractivity contribution in [1.82, 2.24) is 14.8 Å². The molecule has 2 aliphatic rings. The lowest BCUT2D eigenvalue weighted by atomic mass is 10.0. The molecule has 1 N–H and O–H groups in total. The summed E-state index contributed by atoms with van der Waals surface area (Å²) in [7, 11) is 0. The van der Waals surface area contributed by atoms with Gasteiger partial charge in [-0.1, -0.05) is 30.3 Å². The number of hydrogen-bond donors (Lipinski definition) is 1. The molecule has 5 nitrogen and oxygen atoms in total. The van der Waals surface area contributed by atoms with Gasteiger partial charge in [-0.2, -0.15) is 0 Å². The molecule has 0 atom stereocenters. The number of amides is 2. The molecule has 1 aromatic heterocycles. The average molecular weight is 420 g/mol. The summed E-state index contributed by atoms with van der Waals surface area (Å²) < 4.78 is 14.0. The van der Waals surface area contributed by atoms with Crippen molar-refractivity contribution in [2.24, 2.45) is 5.92 Å². The number of benzene rings is 2. The van der Waals surface area contributed by atoms with E-state index in [0.29, 0.717) is 39.0 Å². The van der Waals surface area contributed by atoms with Crippen LogP contribution >= 0.6 is 0 Å². The van der Waals surface area contributed by atoms with E-state index in [1.54, 1.807) is 12.1 Å². The van der Waals surface area contributed by atoms with Gasteiger partial charge in [0, 0.05) is 55.1 Å². The molecule has 1 aliphatic carbocycles. The molecule has 160 valence electrons. The number of halogens is 1. The minimum atomic E-state index is -0.282. The van der Waals surface area contributed by atoms with Crippen LogP contribution in [0, 0.1) is 11.7 Å². The minimum absolute atomic E-state index is 0.0864. The van der Waals surface area contributed by atoms with E-state index in [0.717, 1.165) is 40.6 Å². The SMILES string of the molecule is O=C(CCc1c(-c2ccccc2)[nH]c2ccc(F)cc12)N1CCN(C(=O)C2CC2)CC1. The van der Waals surface area contributed by atoms with Gasteiger partial charge in [-0.05, 0) is 48.6 Å². The maximum absolute atomic E-state index is 14.0. The molecule has 1 saturated carbocycles. The third kappa shape index (κ3) is 4.07. The number of nitrogens with zero attached hydrogens (tertiary/aromatic N) is 2. The first-order chi connectivity index (χ1) is 15.1. The summed E-state index contributed by atoms with van der Waals surface area (Å²) in [4.78, 5) is 32.3. The highest BCUT2D eigenvalue weighted by Crippen LogP contribution is 2.33. The molecule has 0 unspecified atom stereocenters. The summed E-state index contributed by atoms with van der Waals surface area (Å²) >= 11 is 0. The third-order valence-electron chi connectivity index (χ3n) is 6.39. The zero-order valence-corrected chi connectivity index (χ0v) is 17.4. The predicted octanol–water partition coefficient (Wildman–Crippen LogP) is 3.99. The Hall–Kier alpha value is -3.15. The molecule has 1 saturated heterocycles. The minimum Gasteiger partial charge on any atom is -0.354 e. The highest BCUT2D eigenvalue weighted by Gasteiger charge is 2.35. The predicted molar refractivity (Wildman–Crippen MR) is 118 cm³/mol. The van der Waals surface area contributed by atoms with E-state index in [2.05, 4.69) is 4.98 Å². The summed E-state index contributed by atoms with van der Waals surface area (Å²) in [6, 6.07) is 14.7. The largest absolute Gasteiger partial charge is 0.354 e. The standard InChI is InChI=1S/C25H26FN3O2/c26-19-8-10-22-21(16-19)20(24(27-22)17-4-2-1-3-5-17)9-11-23(30)28-12-14-29(15-13-28)25(31)18-6-7-18/h1-5,8,10,16,18,27H,6-7,9,11-15H2. The molecule has 1 aliphatic heterocycles. The second kappa shape index (κ2) is 8.17. The Labute approximate surface area is 180 Å². The third-order valence-corrected chi connectivity index (χ3v) is 6.39. The van der Waals surface area contributed by atoms with E-state index in [4.69, 9.17) is 0 Å². The van der Waals surface area contributed by atoms with Crippen LogP contribution in [0.25, 0.3) is 22.2 Å². The Morgan fingerprint density at radius 3 is 2.39 bits per heavy atom. The second-order valence-electron chi connectivity index (χ2n) is 8.51. The Morgan fingerprint density at radius 1 is 0.968 bits per heavy atom. The van der Waals surface area contributed by atoms with Crippen LogP contribution in [0.3, 0.4) is 0 Å². The number of aromatic nitrogens is 1. The van der Waals surface area contributed by atoms with E-state index in [1.165, 1.54) is 6.07 Å². The van der Waals surface area contributed by atoms with Crippen molar-refractivity contribution >= 4 is 22.7 Å². The number of fused-ring (bicyclic) bond motifs is 1. The Kier molecular flexibility index (Phi) is 5.22. The van der Waals surface area contributed by atoms with Crippen LogP contribution in [0.2, 0.25) is 0 Å². The fourth-order valence-electron chi connectivity index (χ4n) is 4.49. The van der Waals surface area contributed by atoms with E-state index in [9.17, 15) is 14.0 Å². The molecule has 5 rings (SSSR count). The first kappa shape index (κ1) is 19.8. The van der Waals surface area contributed by atoms with E-state index < -0.39 is 0 Å². The van der Waals surface area contributed by atoms with Gasteiger partial charge >= 0.3 is 0 Å².